The summed E-state index contributed by atoms with van der Waals surface area (Å²) in [5.41, 5.74) is 6.83. The lowest BCUT2D eigenvalue weighted by Gasteiger charge is -2.29. The molecule has 0 saturated carbocycles. The first-order chi connectivity index (χ1) is 8.14. The number of ether oxygens (including phenoxy) is 1. The van der Waals surface area contributed by atoms with E-state index in [1.54, 1.807) is 11.8 Å². The van der Waals surface area contributed by atoms with E-state index in [9.17, 15) is 0 Å². The van der Waals surface area contributed by atoms with Gasteiger partial charge in [-0.15, -0.1) is 0 Å². The van der Waals surface area contributed by atoms with Gasteiger partial charge in [-0.1, -0.05) is 23.9 Å². The molecule has 0 unspecified atom stereocenters. The molecule has 4 heteroatoms. The quantitative estimate of drug-likeness (QED) is 0.897. The van der Waals surface area contributed by atoms with Crippen molar-refractivity contribution in [3.05, 3.63) is 29.8 Å². The van der Waals surface area contributed by atoms with Gasteiger partial charge >= 0.3 is 0 Å². The largest absolute Gasteiger partial charge is 0.494 e. The summed E-state index contributed by atoms with van der Waals surface area (Å²) in [5, 5.41) is 0.688. The third kappa shape index (κ3) is 2.75. The summed E-state index contributed by atoms with van der Waals surface area (Å²) < 4.78 is 5.44. The van der Waals surface area contributed by atoms with E-state index in [-0.39, 0.29) is 5.54 Å². The van der Waals surface area contributed by atoms with Gasteiger partial charge in [0.25, 0.3) is 0 Å². The molecule has 3 nitrogen and oxygen atoms in total. The van der Waals surface area contributed by atoms with Crippen molar-refractivity contribution in [2.45, 2.75) is 25.8 Å². The number of nitrogens with zero attached hydrogens (tertiary/aromatic N) is 1. The van der Waals surface area contributed by atoms with Crippen molar-refractivity contribution in [3.8, 4) is 5.75 Å². The van der Waals surface area contributed by atoms with E-state index in [4.69, 9.17) is 10.5 Å². The summed E-state index contributed by atoms with van der Waals surface area (Å²) in [4.78, 5) is 4.58. The highest BCUT2D eigenvalue weighted by Crippen LogP contribution is 2.35. The number of hydrogen-bond donors (Lipinski definition) is 1. The summed E-state index contributed by atoms with van der Waals surface area (Å²) >= 11 is 1.63. The summed E-state index contributed by atoms with van der Waals surface area (Å²) in [7, 11) is 0. The fourth-order valence-electron chi connectivity index (χ4n) is 1.97. The first kappa shape index (κ1) is 12.3. The van der Waals surface area contributed by atoms with E-state index < -0.39 is 0 Å². The molecule has 1 heterocycles. The minimum absolute atomic E-state index is 0.180. The molecule has 0 aromatic heterocycles. The summed E-state index contributed by atoms with van der Waals surface area (Å²) in [6, 6.07) is 8.16. The van der Waals surface area contributed by atoms with Crippen molar-refractivity contribution in [2.24, 2.45) is 10.7 Å². The molecule has 0 saturated heterocycles. The lowest BCUT2D eigenvalue weighted by Crippen LogP contribution is -2.28. The molecular formula is C13H18N2OS. The Kier molecular flexibility index (Phi) is 3.62. The molecule has 2 N–H and O–H groups in total. The standard InChI is InChI=1S/C13H18N2OS/c1-3-16-11-6-4-10(5-7-11)13(2)8-9-17-12(14)15-13/h4-7H,3,8-9H2,1-2H3,(H2,14,15)/t13-/m0/s1. The van der Waals surface area contributed by atoms with Crippen LogP contribution in [0.5, 0.6) is 5.75 Å². The zero-order valence-corrected chi connectivity index (χ0v) is 11.1. The van der Waals surface area contributed by atoms with Crippen LogP contribution in [0.15, 0.2) is 29.3 Å². The van der Waals surface area contributed by atoms with Gasteiger partial charge in [0.1, 0.15) is 5.75 Å². The average molecular weight is 250 g/mol. The van der Waals surface area contributed by atoms with Gasteiger partial charge < -0.3 is 10.5 Å². The normalized spacial score (nSPS) is 24.2. The number of aliphatic imine (C=N–C) groups is 1. The number of nitrogens with two attached hydrogens (primary N) is 1. The molecule has 1 aromatic rings. The highest BCUT2D eigenvalue weighted by molar-refractivity contribution is 8.13. The maximum atomic E-state index is 5.81. The van der Waals surface area contributed by atoms with Crippen LogP contribution in [0.25, 0.3) is 0 Å². The van der Waals surface area contributed by atoms with Crippen LogP contribution in [-0.2, 0) is 5.54 Å². The Bertz CT molecular complexity index is 416. The van der Waals surface area contributed by atoms with Gasteiger partial charge in [-0.05, 0) is 38.0 Å². The van der Waals surface area contributed by atoms with Gasteiger partial charge in [-0.2, -0.15) is 0 Å². The molecule has 0 amide bonds. The zero-order chi connectivity index (χ0) is 12.3. The smallest absolute Gasteiger partial charge is 0.154 e. The number of thioether (sulfide) groups is 1. The van der Waals surface area contributed by atoms with Crippen LogP contribution in [0.3, 0.4) is 0 Å². The van der Waals surface area contributed by atoms with Crippen molar-refractivity contribution in [3.63, 3.8) is 0 Å². The molecule has 0 fully saturated rings. The Morgan fingerprint density at radius 3 is 2.71 bits per heavy atom. The van der Waals surface area contributed by atoms with Crippen LogP contribution < -0.4 is 10.5 Å². The Morgan fingerprint density at radius 2 is 2.12 bits per heavy atom. The molecule has 1 aliphatic rings. The van der Waals surface area contributed by atoms with Crippen LogP contribution >= 0.6 is 11.8 Å². The van der Waals surface area contributed by atoms with Gasteiger partial charge in [0.15, 0.2) is 5.17 Å². The maximum absolute atomic E-state index is 5.81. The molecule has 0 spiro atoms. The minimum Gasteiger partial charge on any atom is -0.494 e. The Morgan fingerprint density at radius 1 is 1.41 bits per heavy atom. The van der Waals surface area contributed by atoms with E-state index >= 15 is 0 Å². The van der Waals surface area contributed by atoms with Crippen LogP contribution in [0, 0.1) is 0 Å². The first-order valence-corrected chi connectivity index (χ1v) is 6.84. The molecule has 0 radical (unpaired) electrons. The summed E-state index contributed by atoms with van der Waals surface area (Å²) in [5.74, 6) is 1.93. The molecule has 0 aliphatic carbocycles. The van der Waals surface area contributed by atoms with Gasteiger partial charge in [-0.3, -0.25) is 4.99 Å². The lowest BCUT2D eigenvalue weighted by atomic mass is 9.90. The van der Waals surface area contributed by atoms with Crippen molar-refractivity contribution >= 4 is 16.9 Å². The van der Waals surface area contributed by atoms with E-state index in [2.05, 4.69) is 24.0 Å². The Balaban J connectivity index is 2.24. The van der Waals surface area contributed by atoms with Gasteiger partial charge in [0.2, 0.25) is 0 Å². The Labute approximate surface area is 106 Å². The second kappa shape index (κ2) is 5.00. The number of hydrogen-bond acceptors (Lipinski definition) is 4. The average Bonchev–Trinajstić information content (AvgIpc) is 2.30. The molecule has 92 valence electrons. The molecule has 2 rings (SSSR count). The third-order valence-electron chi connectivity index (χ3n) is 2.98. The number of benzene rings is 1. The van der Waals surface area contributed by atoms with E-state index in [1.165, 1.54) is 5.56 Å². The number of rotatable bonds is 3. The second-order valence-electron chi connectivity index (χ2n) is 4.28. The van der Waals surface area contributed by atoms with Crippen LogP contribution in [0.1, 0.15) is 25.8 Å². The minimum atomic E-state index is -0.180. The Hall–Kier alpha value is -1.16. The first-order valence-electron chi connectivity index (χ1n) is 5.85. The molecule has 1 aromatic carbocycles. The van der Waals surface area contributed by atoms with Crippen molar-refractivity contribution in [2.75, 3.05) is 12.4 Å². The van der Waals surface area contributed by atoms with Gasteiger partial charge in [0.05, 0.1) is 12.1 Å². The molecular weight excluding hydrogens is 232 g/mol. The van der Waals surface area contributed by atoms with E-state index in [0.29, 0.717) is 11.8 Å². The fraction of sp³-hybridized carbons (Fsp3) is 0.462. The molecule has 1 aliphatic heterocycles. The highest BCUT2D eigenvalue weighted by Gasteiger charge is 2.29. The topological polar surface area (TPSA) is 47.6 Å². The monoisotopic (exact) mass is 250 g/mol. The van der Waals surface area contributed by atoms with Crippen LogP contribution in [0.2, 0.25) is 0 Å². The lowest BCUT2D eigenvalue weighted by molar-refractivity contribution is 0.340. The summed E-state index contributed by atoms with van der Waals surface area (Å²) in [6.07, 6.45) is 1.02. The maximum Gasteiger partial charge on any atom is 0.154 e. The molecule has 1 atom stereocenters. The van der Waals surface area contributed by atoms with Crippen LogP contribution in [0.4, 0.5) is 0 Å². The highest BCUT2D eigenvalue weighted by atomic mass is 32.2. The van der Waals surface area contributed by atoms with Crippen molar-refractivity contribution in [1.82, 2.24) is 0 Å². The van der Waals surface area contributed by atoms with Crippen molar-refractivity contribution in [1.29, 1.82) is 0 Å². The van der Waals surface area contributed by atoms with E-state index in [1.807, 2.05) is 19.1 Å². The molecule has 17 heavy (non-hydrogen) atoms. The van der Waals surface area contributed by atoms with Crippen molar-refractivity contribution < 1.29 is 4.74 Å². The molecule has 0 bridgehead atoms. The van der Waals surface area contributed by atoms with Crippen LogP contribution in [-0.4, -0.2) is 17.5 Å². The number of amidine groups is 1. The predicted octanol–water partition coefficient (Wildman–Crippen LogP) is 2.75. The fourth-order valence-corrected chi connectivity index (χ4v) is 2.95. The predicted molar refractivity (Wildman–Crippen MR) is 73.7 cm³/mol. The SMILES string of the molecule is CCOc1ccc([C@]2(C)CCSC(N)=N2)cc1. The van der Waals surface area contributed by atoms with E-state index in [0.717, 1.165) is 17.9 Å². The second-order valence-corrected chi connectivity index (χ2v) is 5.39. The zero-order valence-electron chi connectivity index (χ0n) is 10.3. The summed E-state index contributed by atoms with van der Waals surface area (Å²) in [6.45, 7) is 4.81. The third-order valence-corrected chi connectivity index (χ3v) is 3.78. The van der Waals surface area contributed by atoms with Gasteiger partial charge in [-0.25, -0.2) is 0 Å². The van der Waals surface area contributed by atoms with Gasteiger partial charge in [0, 0.05) is 5.75 Å².